The highest BCUT2D eigenvalue weighted by Crippen LogP contribution is 2.26. The van der Waals surface area contributed by atoms with Crippen LogP contribution in [0, 0.1) is 10.1 Å². The van der Waals surface area contributed by atoms with E-state index in [0.29, 0.717) is 28.1 Å². The summed E-state index contributed by atoms with van der Waals surface area (Å²) in [5, 5.41) is 16.1. The van der Waals surface area contributed by atoms with Gasteiger partial charge in [-0.25, -0.2) is 0 Å². The molecule has 7 nitrogen and oxygen atoms in total. The van der Waals surface area contributed by atoms with Crippen molar-refractivity contribution in [2.45, 2.75) is 19.8 Å². The molecule has 0 radical (unpaired) electrons. The topological polar surface area (TPSA) is 93.5 Å². The number of nitrogens with one attached hydrogen (secondary N) is 2. The Balaban J connectivity index is 1.98. The first-order chi connectivity index (χ1) is 12.9. The minimum atomic E-state index is -0.505. The predicted molar refractivity (Wildman–Crippen MR) is 111 cm³/mol. The Morgan fingerprint density at radius 2 is 2.07 bits per heavy atom. The van der Waals surface area contributed by atoms with E-state index < -0.39 is 10.8 Å². The van der Waals surface area contributed by atoms with E-state index in [1.807, 2.05) is 0 Å². The van der Waals surface area contributed by atoms with Crippen LogP contribution in [-0.4, -0.2) is 22.5 Å². The summed E-state index contributed by atoms with van der Waals surface area (Å²) in [5.74, 6) is 0.260. The first-order valence-electron chi connectivity index (χ1n) is 8.20. The fourth-order valence-corrected chi connectivity index (χ4v) is 2.82. The second-order valence-corrected chi connectivity index (χ2v) is 6.83. The van der Waals surface area contributed by atoms with Crippen LogP contribution in [0.2, 0.25) is 0 Å². The number of carbonyl (C=O) groups excluding carboxylic acids is 1. The molecule has 142 valence electrons. The van der Waals surface area contributed by atoms with E-state index in [1.54, 1.807) is 24.3 Å². The number of anilines is 1. The van der Waals surface area contributed by atoms with Gasteiger partial charge in [0.05, 0.1) is 16.0 Å². The van der Waals surface area contributed by atoms with Crippen LogP contribution in [0.5, 0.6) is 5.75 Å². The summed E-state index contributed by atoms with van der Waals surface area (Å²) in [4.78, 5) is 22.6. The predicted octanol–water partition coefficient (Wildman–Crippen LogP) is 4.66. The summed E-state index contributed by atoms with van der Waals surface area (Å²) in [5.41, 5.74) is 0.736. The van der Waals surface area contributed by atoms with E-state index in [1.165, 1.54) is 18.2 Å². The molecule has 0 aromatic heterocycles. The monoisotopic (exact) mass is 451 g/mol. The van der Waals surface area contributed by atoms with Gasteiger partial charge in [-0.05, 0) is 58.8 Å². The molecule has 2 aromatic rings. The van der Waals surface area contributed by atoms with Crippen molar-refractivity contribution in [3.05, 3.63) is 62.6 Å². The van der Waals surface area contributed by atoms with Crippen LogP contribution in [0.3, 0.4) is 0 Å². The molecule has 9 heteroatoms. The molecule has 0 aliphatic carbocycles. The number of nitro benzene ring substituents is 1. The quantitative estimate of drug-likeness (QED) is 0.275. The van der Waals surface area contributed by atoms with Crippen molar-refractivity contribution in [1.82, 2.24) is 5.32 Å². The third-order valence-electron chi connectivity index (χ3n) is 3.49. The molecule has 0 bridgehead atoms. The molecule has 0 spiro atoms. The lowest BCUT2D eigenvalue weighted by molar-refractivity contribution is -0.384. The zero-order valence-electron chi connectivity index (χ0n) is 14.5. The van der Waals surface area contributed by atoms with Crippen LogP contribution >= 0.6 is 28.1 Å². The zero-order valence-corrected chi connectivity index (χ0v) is 16.9. The highest BCUT2D eigenvalue weighted by molar-refractivity contribution is 9.10. The Morgan fingerprint density at radius 1 is 1.30 bits per heavy atom. The van der Waals surface area contributed by atoms with Gasteiger partial charge in [0.15, 0.2) is 5.11 Å². The summed E-state index contributed by atoms with van der Waals surface area (Å²) in [6, 6.07) is 10.8. The van der Waals surface area contributed by atoms with Gasteiger partial charge in [0.2, 0.25) is 0 Å². The molecule has 0 aliphatic heterocycles. The number of ether oxygens (including phenoxy) is 1. The summed E-state index contributed by atoms with van der Waals surface area (Å²) >= 11 is 8.49. The van der Waals surface area contributed by atoms with Crippen molar-refractivity contribution < 1.29 is 14.5 Å². The lowest BCUT2D eigenvalue weighted by Crippen LogP contribution is -2.34. The fraction of sp³-hybridized carbons (Fsp3) is 0.222. The van der Waals surface area contributed by atoms with E-state index in [-0.39, 0.29) is 10.8 Å². The minimum Gasteiger partial charge on any atom is -0.492 e. The fourth-order valence-electron chi connectivity index (χ4n) is 2.12. The maximum Gasteiger partial charge on any atom is 0.271 e. The van der Waals surface area contributed by atoms with Crippen LogP contribution in [0.15, 0.2) is 46.9 Å². The molecule has 0 unspecified atom stereocenters. The van der Waals surface area contributed by atoms with Gasteiger partial charge in [-0.1, -0.05) is 19.4 Å². The smallest absolute Gasteiger partial charge is 0.271 e. The van der Waals surface area contributed by atoms with Crippen molar-refractivity contribution in [3.8, 4) is 5.75 Å². The number of amides is 1. The maximum absolute atomic E-state index is 12.3. The number of unbranched alkanes of at least 4 members (excludes halogenated alkanes) is 1. The Morgan fingerprint density at radius 3 is 2.74 bits per heavy atom. The van der Waals surface area contributed by atoms with Gasteiger partial charge in [0.25, 0.3) is 11.6 Å². The van der Waals surface area contributed by atoms with Crippen LogP contribution in [0.1, 0.15) is 30.1 Å². The lowest BCUT2D eigenvalue weighted by atomic mass is 10.2. The molecule has 0 atom stereocenters. The van der Waals surface area contributed by atoms with Gasteiger partial charge in [-0.2, -0.15) is 0 Å². The highest BCUT2D eigenvalue weighted by Gasteiger charge is 2.12. The number of rotatable bonds is 7. The Kier molecular flexibility index (Phi) is 7.68. The van der Waals surface area contributed by atoms with Crippen LogP contribution in [-0.2, 0) is 0 Å². The Bertz CT molecular complexity index is 860. The Labute approximate surface area is 170 Å². The first-order valence-corrected chi connectivity index (χ1v) is 9.40. The van der Waals surface area contributed by atoms with E-state index in [4.69, 9.17) is 17.0 Å². The maximum atomic E-state index is 12.3. The number of non-ortho nitro benzene ring substituents is 1. The molecular formula is C18H18BrN3O4S. The van der Waals surface area contributed by atoms with E-state index in [9.17, 15) is 14.9 Å². The zero-order chi connectivity index (χ0) is 19.8. The van der Waals surface area contributed by atoms with Crippen molar-refractivity contribution in [2.75, 3.05) is 11.9 Å². The van der Waals surface area contributed by atoms with Crippen molar-refractivity contribution in [2.24, 2.45) is 0 Å². The van der Waals surface area contributed by atoms with Crippen molar-refractivity contribution >= 4 is 50.5 Å². The van der Waals surface area contributed by atoms with Crippen molar-refractivity contribution in [1.29, 1.82) is 0 Å². The Hall–Kier alpha value is -2.52. The third kappa shape index (κ3) is 6.30. The minimum absolute atomic E-state index is 0.0416. The lowest BCUT2D eigenvalue weighted by Gasteiger charge is -2.11. The molecule has 2 rings (SSSR count). The largest absolute Gasteiger partial charge is 0.492 e. The van der Waals surface area contributed by atoms with Crippen LogP contribution in [0.25, 0.3) is 0 Å². The molecule has 2 aromatic carbocycles. The molecular weight excluding hydrogens is 434 g/mol. The SMILES string of the molecule is CCCCOc1ccc(C(=O)NC(=S)Nc2cccc([N+](=O)[O-])c2)cc1Br. The molecule has 27 heavy (non-hydrogen) atoms. The van der Waals surface area contributed by atoms with E-state index >= 15 is 0 Å². The second-order valence-electron chi connectivity index (χ2n) is 5.56. The number of hydrogen-bond acceptors (Lipinski definition) is 5. The van der Waals surface area contributed by atoms with Crippen LogP contribution < -0.4 is 15.4 Å². The number of carbonyl (C=O) groups is 1. The summed E-state index contributed by atoms with van der Waals surface area (Å²) in [6.45, 7) is 2.69. The summed E-state index contributed by atoms with van der Waals surface area (Å²) in [6.07, 6.45) is 1.99. The second kappa shape index (κ2) is 9.98. The molecule has 1 amide bonds. The van der Waals surface area contributed by atoms with Gasteiger partial charge < -0.3 is 10.1 Å². The summed E-state index contributed by atoms with van der Waals surface area (Å²) in [7, 11) is 0. The number of nitrogens with zero attached hydrogens (tertiary/aromatic N) is 1. The van der Waals surface area contributed by atoms with Gasteiger partial charge in [-0.15, -0.1) is 0 Å². The average molecular weight is 452 g/mol. The molecule has 0 saturated heterocycles. The number of nitro groups is 1. The van der Waals surface area contributed by atoms with Gasteiger partial charge in [0, 0.05) is 23.4 Å². The number of hydrogen-bond donors (Lipinski definition) is 2. The summed E-state index contributed by atoms with van der Waals surface area (Å²) < 4.78 is 6.30. The van der Waals surface area contributed by atoms with E-state index in [0.717, 1.165) is 12.8 Å². The van der Waals surface area contributed by atoms with Crippen molar-refractivity contribution in [3.63, 3.8) is 0 Å². The average Bonchev–Trinajstić information content (AvgIpc) is 2.63. The van der Waals surface area contributed by atoms with Gasteiger partial charge >= 0.3 is 0 Å². The molecule has 0 aliphatic rings. The van der Waals surface area contributed by atoms with Gasteiger partial charge in [0.1, 0.15) is 5.75 Å². The molecule has 2 N–H and O–H groups in total. The molecule has 0 heterocycles. The number of thiocarbonyl (C=S) groups is 1. The molecule has 0 fully saturated rings. The number of benzene rings is 2. The first kappa shape index (κ1) is 20.8. The van der Waals surface area contributed by atoms with E-state index in [2.05, 4.69) is 33.5 Å². The number of halogens is 1. The third-order valence-corrected chi connectivity index (χ3v) is 4.32. The van der Waals surface area contributed by atoms with Gasteiger partial charge in [-0.3, -0.25) is 20.2 Å². The normalized spacial score (nSPS) is 10.1. The van der Waals surface area contributed by atoms with Crippen LogP contribution in [0.4, 0.5) is 11.4 Å². The highest BCUT2D eigenvalue weighted by atomic mass is 79.9. The molecule has 0 saturated carbocycles. The standard InChI is InChI=1S/C18H18BrN3O4S/c1-2-3-9-26-16-8-7-12(10-15(16)19)17(23)21-18(27)20-13-5-4-6-14(11-13)22(24)25/h4-8,10-11H,2-3,9H2,1H3,(H2,20,21,23,27).